The molecular weight excluding hydrogens is 307 g/mol. The van der Waals surface area contributed by atoms with Gasteiger partial charge >= 0.3 is 0 Å². The second kappa shape index (κ2) is 5.78. The summed E-state index contributed by atoms with van der Waals surface area (Å²) in [6.07, 6.45) is 0. The number of nitrogens with one attached hydrogen (secondary N) is 1. The van der Waals surface area contributed by atoms with Crippen LogP contribution in [0.15, 0.2) is 30.3 Å². The number of aromatic nitrogens is 1. The Balaban J connectivity index is 2.25. The molecule has 0 aliphatic heterocycles. The van der Waals surface area contributed by atoms with Crippen LogP contribution in [-0.2, 0) is 0 Å². The summed E-state index contributed by atoms with van der Waals surface area (Å²) in [6, 6.07) is 8.23. The molecule has 0 aliphatic rings. The molecule has 0 saturated heterocycles. The molecule has 1 aromatic heterocycles. The lowest BCUT2D eigenvalue weighted by Crippen LogP contribution is -2.13. The van der Waals surface area contributed by atoms with E-state index < -0.39 is 0 Å². The standard InChI is InChI=1S/C13H9Cl3N2O/c1-7-6-8(14)2-4-10(7)17-13(19)9-3-5-11(15)18-12(9)16/h2-6H,1H3,(H,17,19). The molecule has 2 aromatic rings. The molecule has 0 aliphatic carbocycles. The number of aryl methyl sites for hydroxylation is 1. The number of hydrogen-bond acceptors (Lipinski definition) is 2. The van der Waals surface area contributed by atoms with E-state index in [1.165, 1.54) is 12.1 Å². The number of benzene rings is 1. The van der Waals surface area contributed by atoms with Gasteiger partial charge in [0.05, 0.1) is 5.56 Å². The average Bonchev–Trinajstić information content (AvgIpc) is 2.32. The lowest BCUT2D eigenvalue weighted by molar-refractivity contribution is 0.102. The maximum atomic E-state index is 12.1. The third kappa shape index (κ3) is 3.38. The number of nitrogens with zero attached hydrogens (tertiary/aromatic N) is 1. The zero-order valence-electron chi connectivity index (χ0n) is 9.88. The monoisotopic (exact) mass is 314 g/mol. The largest absolute Gasteiger partial charge is 0.322 e. The van der Waals surface area contributed by atoms with E-state index in [9.17, 15) is 4.79 Å². The number of carbonyl (C=O) groups excluding carboxylic acids is 1. The third-order valence-corrected chi connectivity index (χ3v) is 3.23. The summed E-state index contributed by atoms with van der Waals surface area (Å²) in [6.45, 7) is 1.85. The molecular formula is C13H9Cl3N2O. The van der Waals surface area contributed by atoms with E-state index in [1.54, 1.807) is 18.2 Å². The first-order chi connectivity index (χ1) is 8.97. The Hall–Kier alpha value is -1.29. The van der Waals surface area contributed by atoms with Crippen LogP contribution in [-0.4, -0.2) is 10.9 Å². The van der Waals surface area contributed by atoms with Crippen molar-refractivity contribution in [2.75, 3.05) is 5.32 Å². The van der Waals surface area contributed by atoms with Crippen LogP contribution in [0.3, 0.4) is 0 Å². The molecule has 19 heavy (non-hydrogen) atoms. The van der Waals surface area contributed by atoms with Crippen molar-refractivity contribution in [2.45, 2.75) is 6.92 Å². The molecule has 0 bridgehead atoms. The highest BCUT2D eigenvalue weighted by Crippen LogP contribution is 2.22. The maximum absolute atomic E-state index is 12.1. The van der Waals surface area contributed by atoms with Crippen molar-refractivity contribution in [1.29, 1.82) is 0 Å². The lowest BCUT2D eigenvalue weighted by atomic mass is 10.2. The molecule has 1 amide bonds. The fourth-order valence-electron chi connectivity index (χ4n) is 1.54. The van der Waals surface area contributed by atoms with Gasteiger partial charge in [-0.05, 0) is 42.8 Å². The van der Waals surface area contributed by atoms with Crippen molar-refractivity contribution < 1.29 is 4.79 Å². The molecule has 3 nitrogen and oxygen atoms in total. The number of amides is 1. The molecule has 0 spiro atoms. The van der Waals surface area contributed by atoms with E-state index in [0.29, 0.717) is 10.7 Å². The Bertz CT molecular complexity index is 644. The Morgan fingerprint density at radius 1 is 1.16 bits per heavy atom. The van der Waals surface area contributed by atoms with Crippen LogP contribution in [0.4, 0.5) is 5.69 Å². The van der Waals surface area contributed by atoms with Crippen LogP contribution in [0.5, 0.6) is 0 Å². The van der Waals surface area contributed by atoms with Crippen LogP contribution >= 0.6 is 34.8 Å². The molecule has 1 aromatic carbocycles. The first-order valence-electron chi connectivity index (χ1n) is 5.37. The van der Waals surface area contributed by atoms with Gasteiger partial charge in [0.1, 0.15) is 10.3 Å². The molecule has 2 rings (SSSR count). The minimum Gasteiger partial charge on any atom is -0.322 e. The molecule has 1 N–H and O–H groups in total. The van der Waals surface area contributed by atoms with Gasteiger partial charge < -0.3 is 5.32 Å². The number of pyridine rings is 1. The summed E-state index contributed by atoms with van der Waals surface area (Å²) in [5.41, 5.74) is 1.79. The van der Waals surface area contributed by atoms with Crippen molar-refractivity contribution in [3.8, 4) is 0 Å². The molecule has 98 valence electrons. The average molecular weight is 316 g/mol. The van der Waals surface area contributed by atoms with E-state index in [2.05, 4.69) is 10.3 Å². The molecule has 0 saturated carbocycles. The predicted octanol–water partition coefficient (Wildman–Crippen LogP) is 4.60. The summed E-state index contributed by atoms with van der Waals surface area (Å²) in [4.78, 5) is 15.9. The van der Waals surface area contributed by atoms with E-state index in [4.69, 9.17) is 34.8 Å². The zero-order valence-corrected chi connectivity index (χ0v) is 12.1. The highest BCUT2D eigenvalue weighted by atomic mass is 35.5. The van der Waals surface area contributed by atoms with Crippen LogP contribution < -0.4 is 5.32 Å². The van der Waals surface area contributed by atoms with Gasteiger partial charge in [0.25, 0.3) is 5.91 Å². The number of halogens is 3. The van der Waals surface area contributed by atoms with Crippen molar-refractivity contribution in [3.63, 3.8) is 0 Å². The minimum absolute atomic E-state index is 0.0663. The van der Waals surface area contributed by atoms with Crippen LogP contribution in [0.25, 0.3) is 0 Å². The molecule has 6 heteroatoms. The quantitative estimate of drug-likeness (QED) is 0.823. The van der Waals surface area contributed by atoms with Gasteiger partial charge in [0, 0.05) is 10.7 Å². The zero-order chi connectivity index (χ0) is 14.0. The van der Waals surface area contributed by atoms with E-state index >= 15 is 0 Å². The maximum Gasteiger partial charge on any atom is 0.258 e. The second-order valence-corrected chi connectivity index (χ2v) is 5.07. The number of hydrogen-bond donors (Lipinski definition) is 1. The Kier molecular flexibility index (Phi) is 4.30. The number of anilines is 1. The second-order valence-electron chi connectivity index (χ2n) is 3.89. The summed E-state index contributed by atoms with van der Waals surface area (Å²) in [7, 11) is 0. The molecule has 0 unspecified atom stereocenters. The van der Waals surface area contributed by atoms with Gasteiger partial charge in [-0.15, -0.1) is 0 Å². The van der Waals surface area contributed by atoms with Gasteiger partial charge in [-0.3, -0.25) is 4.79 Å². The molecule has 0 atom stereocenters. The van der Waals surface area contributed by atoms with Gasteiger partial charge in [-0.2, -0.15) is 0 Å². The van der Waals surface area contributed by atoms with Crippen LogP contribution in [0, 0.1) is 6.92 Å². The number of rotatable bonds is 2. The SMILES string of the molecule is Cc1cc(Cl)ccc1NC(=O)c1ccc(Cl)nc1Cl. The van der Waals surface area contributed by atoms with Crippen LogP contribution in [0.2, 0.25) is 15.3 Å². The van der Waals surface area contributed by atoms with Crippen molar-refractivity contribution in [3.05, 3.63) is 56.8 Å². The predicted molar refractivity (Wildman–Crippen MR) is 78.4 cm³/mol. The lowest BCUT2D eigenvalue weighted by Gasteiger charge is -2.09. The van der Waals surface area contributed by atoms with Crippen LogP contribution in [0.1, 0.15) is 15.9 Å². The van der Waals surface area contributed by atoms with Crippen molar-refractivity contribution in [2.24, 2.45) is 0 Å². The first-order valence-corrected chi connectivity index (χ1v) is 6.50. The topological polar surface area (TPSA) is 42.0 Å². The molecule has 1 heterocycles. The van der Waals surface area contributed by atoms with E-state index in [0.717, 1.165) is 5.56 Å². The smallest absolute Gasteiger partial charge is 0.258 e. The van der Waals surface area contributed by atoms with Gasteiger partial charge in [-0.1, -0.05) is 34.8 Å². The Morgan fingerprint density at radius 3 is 2.53 bits per heavy atom. The summed E-state index contributed by atoms with van der Waals surface area (Å²) < 4.78 is 0. The van der Waals surface area contributed by atoms with Gasteiger partial charge in [0.15, 0.2) is 0 Å². The first kappa shape index (κ1) is 14.1. The van der Waals surface area contributed by atoms with E-state index in [1.807, 2.05) is 6.92 Å². The fraction of sp³-hybridized carbons (Fsp3) is 0.0769. The summed E-state index contributed by atoms with van der Waals surface area (Å²) in [5.74, 6) is -0.348. The third-order valence-electron chi connectivity index (χ3n) is 2.50. The molecule has 0 fully saturated rings. The highest BCUT2D eigenvalue weighted by molar-refractivity contribution is 6.35. The summed E-state index contributed by atoms with van der Waals surface area (Å²) in [5, 5.41) is 3.67. The van der Waals surface area contributed by atoms with Gasteiger partial charge in [0.2, 0.25) is 0 Å². The Morgan fingerprint density at radius 2 is 1.89 bits per heavy atom. The highest BCUT2D eigenvalue weighted by Gasteiger charge is 2.13. The normalized spacial score (nSPS) is 10.3. The van der Waals surface area contributed by atoms with E-state index in [-0.39, 0.29) is 21.8 Å². The number of carbonyl (C=O) groups is 1. The summed E-state index contributed by atoms with van der Waals surface area (Å²) >= 11 is 17.4. The van der Waals surface area contributed by atoms with Crippen molar-refractivity contribution in [1.82, 2.24) is 4.98 Å². The van der Waals surface area contributed by atoms with Gasteiger partial charge in [-0.25, -0.2) is 4.98 Å². The Labute approximate surface area is 125 Å². The van der Waals surface area contributed by atoms with Crippen molar-refractivity contribution >= 4 is 46.4 Å². The fourth-order valence-corrected chi connectivity index (χ4v) is 2.20. The molecule has 0 radical (unpaired) electrons. The minimum atomic E-state index is -0.348.